The third-order valence-electron chi connectivity index (χ3n) is 4.32. The van der Waals surface area contributed by atoms with E-state index in [1.165, 1.54) is 38.9 Å². The molecule has 102 valence electrons. The van der Waals surface area contributed by atoms with Gasteiger partial charge in [-0.2, -0.15) is 0 Å². The van der Waals surface area contributed by atoms with E-state index in [2.05, 4.69) is 24.1 Å². The maximum absolute atomic E-state index is 5.51. The standard InChI is InChI=1S/C13H26N2O.ClH/c1-3-13(4-8-16-9-5-13)11-15-7-6-14-12(2)10-15;/h12,14H,3-11H2,1-2H3;1H. The Balaban J connectivity index is 0.00000144. The normalized spacial score (nSPS) is 29.6. The van der Waals surface area contributed by atoms with Gasteiger partial charge in [0.1, 0.15) is 0 Å². The Kier molecular flexibility index (Phi) is 6.21. The second-order valence-corrected chi connectivity index (χ2v) is 5.56. The Morgan fingerprint density at radius 3 is 2.65 bits per heavy atom. The molecule has 2 saturated heterocycles. The molecule has 0 aromatic rings. The highest BCUT2D eigenvalue weighted by molar-refractivity contribution is 5.85. The lowest BCUT2D eigenvalue weighted by molar-refractivity contribution is -0.0107. The summed E-state index contributed by atoms with van der Waals surface area (Å²) in [5, 5.41) is 3.51. The first-order valence-electron chi connectivity index (χ1n) is 6.78. The number of nitrogens with zero attached hydrogens (tertiary/aromatic N) is 1. The second kappa shape index (κ2) is 6.93. The van der Waals surface area contributed by atoms with Gasteiger partial charge in [0.2, 0.25) is 0 Å². The summed E-state index contributed by atoms with van der Waals surface area (Å²) in [7, 11) is 0. The van der Waals surface area contributed by atoms with Gasteiger partial charge < -0.3 is 10.1 Å². The van der Waals surface area contributed by atoms with Crippen LogP contribution < -0.4 is 5.32 Å². The van der Waals surface area contributed by atoms with Gasteiger partial charge in [0.15, 0.2) is 0 Å². The van der Waals surface area contributed by atoms with Crippen LogP contribution in [0.25, 0.3) is 0 Å². The lowest BCUT2D eigenvalue weighted by Gasteiger charge is -2.43. The van der Waals surface area contributed by atoms with Crippen molar-refractivity contribution in [3.8, 4) is 0 Å². The Morgan fingerprint density at radius 1 is 1.35 bits per heavy atom. The van der Waals surface area contributed by atoms with Gasteiger partial charge in [-0.3, -0.25) is 4.90 Å². The smallest absolute Gasteiger partial charge is 0.0471 e. The average Bonchev–Trinajstić information content (AvgIpc) is 2.30. The first-order chi connectivity index (χ1) is 7.74. The van der Waals surface area contributed by atoms with E-state index < -0.39 is 0 Å². The number of nitrogens with one attached hydrogen (secondary N) is 1. The van der Waals surface area contributed by atoms with Crippen molar-refractivity contribution in [3.63, 3.8) is 0 Å². The maximum Gasteiger partial charge on any atom is 0.0471 e. The summed E-state index contributed by atoms with van der Waals surface area (Å²) >= 11 is 0. The summed E-state index contributed by atoms with van der Waals surface area (Å²) in [6.45, 7) is 11.4. The predicted molar refractivity (Wildman–Crippen MR) is 73.9 cm³/mol. The summed E-state index contributed by atoms with van der Waals surface area (Å²) in [4.78, 5) is 2.65. The lowest BCUT2D eigenvalue weighted by Crippen LogP contribution is -2.52. The van der Waals surface area contributed by atoms with Crippen molar-refractivity contribution in [1.29, 1.82) is 0 Å². The maximum atomic E-state index is 5.51. The number of hydrogen-bond acceptors (Lipinski definition) is 3. The molecule has 0 amide bonds. The van der Waals surface area contributed by atoms with Crippen molar-refractivity contribution >= 4 is 12.4 Å². The van der Waals surface area contributed by atoms with Crippen LogP contribution in [-0.2, 0) is 4.74 Å². The van der Waals surface area contributed by atoms with Crippen LogP contribution in [0.4, 0.5) is 0 Å². The summed E-state index contributed by atoms with van der Waals surface area (Å²) < 4.78 is 5.51. The van der Waals surface area contributed by atoms with Crippen LogP contribution in [0.2, 0.25) is 0 Å². The molecule has 2 fully saturated rings. The van der Waals surface area contributed by atoms with Crippen molar-refractivity contribution in [1.82, 2.24) is 10.2 Å². The molecular weight excluding hydrogens is 236 g/mol. The molecule has 1 N–H and O–H groups in total. The van der Waals surface area contributed by atoms with Gasteiger partial charge in [0, 0.05) is 45.4 Å². The van der Waals surface area contributed by atoms with Crippen molar-refractivity contribution in [2.24, 2.45) is 5.41 Å². The van der Waals surface area contributed by atoms with Gasteiger partial charge in [-0.05, 0) is 31.6 Å². The molecule has 2 heterocycles. The van der Waals surface area contributed by atoms with Gasteiger partial charge >= 0.3 is 0 Å². The number of rotatable bonds is 3. The molecular formula is C13H27ClN2O. The van der Waals surface area contributed by atoms with Gasteiger partial charge in [-0.25, -0.2) is 0 Å². The van der Waals surface area contributed by atoms with Crippen LogP contribution in [-0.4, -0.2) is 50.3 Å². The first kappa shape index (κ1) is 15.2. The Hall–Kier alpha value is 0.170. The molecule has 2 rings (SSSR count). The van der Waals surface area contributed by atoms with Gasteiger partial charge in [-0.1, -0.05) is 6.92 Å². The molecule has 17 heavy (non-hydrogen) atoms. The van der Waals surface area contributed by atoms with E-state index in [-0.39, 0.29) is 12.4 Å². The van der Waals surface area contributed by atoms with E-state index in [0.717, 1.165) is 19.8 Å². The zero-order valence-electron chi connectivity index (χ0n) is 11.2. The van der Waals surface area contributed by atoms with E-state index in [4.69, 9.17) is 4.74 Å². The fourth-order valence-electron chi connectivity index (χ4n) is 3.06. The molecule has 2 aliphatic rings. The third kappa shape index (κ3) is 4.09. The third-order valence-corrected chi connectivity index (χ3v) is 4.32. The molecule has 2 aliphatic heterocycles. The topological polar surface area (TPSA) is 24.5 Å². The Bertz CT molecular complexity index is 219. The summed E-state index contributed by atoms with van der Waals surface area (Å²) in [6, 6.07) is 0.655. The van der Waals surface area contributed by atoms with E-state index in [1.54, 1.807) is 0 Å². The molecule has 0 aliphatic carbocycles. The largest absolute Gasteiger partial charge is 0.381 e. The fourth-order valence-corrected chi connectivity index (χ4v) is 3.06. The summed E-state index contributed by atoms with van der Waals surface area (Å²) in [5.74, 6) is 0. The minimum atomic E-state index is 0. The second-order valence-electron chi connectivity index (χ2n) is 5.56. The monoisotopic (exact) mass is 262 g/mol. The molecule has 0 spiro atoms. The number of ether oxygens (including phenoxy) is 1. The zero-order valence-corrected chi connectivity index (χ0v) is 12.0. The lowest BCUT2D eigenvalue weighted by atomic mass is 9.77. The summed E-state index contributed by atoms with van der Waals surface area (Å²) in [5.41, 5.74) is 0.537. The summed E-state index contributed by atoms with van der Waals surface area (Å²) in [6.07, 6.45) is 3.80. The van der Waals surface area contributed by atoms with Crippen LogP contribution in [0.1, 0.15) is 33.1 Å². The first-order valence-corrected chi connectivity index (χ1v) is 6.78. The zero-order chi connectivity index (χ0) is 11.4. The molecule has 1 atom stereocenters. The highest BCUT2D eigenvalue weighted by Gasteiger charge is 2.33. The van der Waals surface area contributed by atoms with E-state index in [9.17, 15) is 0 Å². The molecule has 0 saturated carbocycles. The molecule has 0 aromatic heterocycles. The number of hydrogen-bond donors (Lipinski definition) is 1. The molecule has 4 heteroatoms. The quantitative estimate of drug-likeness (QED) is 0.841. The number of halogens is 1. The number of piperazine rings is 1. The van der Waals surface area contributed by atoms with Gasteiger partial charge in [-0.15, -0.1) is 12.4 Å². The molecule has 0 aromatic carbocycles. The van der Waals surface area contributed by atoms with Crippen molar-refractivity contribution in [2.45, 2.75) is 39.2 Å². The SMILES string of the molecule is CCC1(CN2CCNC(C)C2)CCOCC1.Cl. The fraction of sp³-hybridized carbons (Fsp3) is 1.00. The van der Waals surface area contributed by atoms with Crippen molar-refractivity contribution < 1.29 is 4.74 Å². The molecule has 0 radical (unpaired) electrons. The molecule has 1 unspecified atom stereocenters. The van der Waals surface area contributed by atoms with E-state index in [1.807, 2.05) is 0 Å². The highest BCUT2D eigenvalue weighted by atomic mass is 35.5. The van der Waals surface area contributed by atoms with E-state index in [0.29, 0.717) is 11.5 Å². The van der Waals surface area contributed by atoms with Crippen molar-refractivity contribution in [2.75, 3.05) is 39.4 Å². The van der Waals surface area contributed by atoms with Crippen LogP contribution in [0.3, 0.4) is 0 Å². The minimum absolute atomic E-state index is 0. The van der Waals surface area contributed by atoms with Crippen LogP contribution in [0.15, 0.2) is 0 Å². The van der Waals surface area contributed by atoms with Crippen LogP contribution >= 0.6 is 12.4 Å². The van der Waals surface area contributed by atoms with Gasteiger partial charge in [0.05, 0.1) is 0 Å². The van der Waals surface area contributed by atoms with Crippen LogP contribution in [0, 0.1) is 5.41 Å². The Morgan fingerprint density at radius 2 is 2.06 bits per heavy atom. The van der Waals surface area contributed by atoms with Crippen LogP contribution in [0.5, 0.6) is 0 Å². The highest BCUT2D eigenvalue weighted by Crippen LogP contribution is 2.35. The average molecular weight is 263 g/mol. The van der Waals surface area contributed by atoms with Gasteiger partial charge in [0.25, 0.3) is 0 Å². The molecule has 3 nitrogen and oxygen atoms in total. The predicted octanol–water partition coefficient (Wildman–Crippen LogP) is 1.91. The minimum Gasteiger partial charge on any atom is -0.381 e. The van der Waals surface area contributed by atoms with E-state index >= 15 is 0 Å². The molecule has 0 bridgehead atoms. The Labute approximate surface area is 112 Å². The van der Waals surface area contributed by atoms with Crippen molar-refractivity contribution in [3.05, 3.63) is 0 Å².